The van der Waals surface area contributed by atoms with Crippen LogP contribution < -0.4 is 4.74 Å². The lowest BCUT2D eigenvalue weighted by molar-refractivity contribution is 0.0598. The Morgan fingerprint density at radius 2 is 1.50 bits per heavy atom. The van der Waals surface area contributed by atoms with E-state index in [-0.39, 0.29) is 34.5 Å². The number of carbonyl (C=O) groups is 2. The Labute approximate surface area is 188 Å². The summed E-state index contributed by atoms with van der Waals surface area (Å²) < 4.78 is 43.6. The minimum atomic E-state index is -4.06. The largest absolute Gasteiger partial charge is 0.497 e. The zero-order valence-corrected chi connectivity index (χ0v) is 19.3. The molecule has 172 valence electrons. The Kier molecular flexibility index (Phi) is 7.20. The Morgan fingerprint density at radius 1 is 0.969 bits per heavy atom. The molecule has 1 saturated carbocycles. The van der Waals surface area contributed by atoms with Crippen molar-refractivity contribution in [2.45, 2.75) is 37.2 Å². The van der Waals surface area contributed by atoms with E-state index in [1.807, 2.05) is 19.1 Å². The SMILES string of the molecule is COC(=O)c1cc(C(=O)OC)cc(S(=O)(=O)N(Cc2ccc(OC)cc2)C(C)C2CC2)c1. The van der Waals surface area contributed by atoms with E-state index >= 15 is 0 Å². The molecule has 0 aliphatic heterocycles. The molecule has 0 bridgehead atoms. The zero-order valence-electron chi connectivity index (χ0n) is 18.5. The Bertz CT molecular complexity index is 1060. The lowest BCUT2D eigenvalue weighted by Crippen LogP contribution is -2.39. The number of ether oxygens (including phenoxy) is 3. The maximum Gasteiger partial charge on any atom is 0.337 e. The second-order valence-electron chi connectivity index (χ2n) is 7.71. The van der Waals surface area contributed by atoms with Crippen LogP contribution in [0.2, 0.25) is 0 Å². The second kappa shape index (κ2) is 9.70. The molecule has 9 heteroatoms. The first-order valence-electron chi connectivity index (χ1n) is 10.2. The minimum absolute atomic E-state index is 0.0440. The fourth-order valence-corrected chi connectivity index (χ4v) is 5.28. The lowest BCUT2D eigenvalue weighted by Gasteiger charge is -2.29. The van der Waals surface area contributed by atoms with Crippen LogP contribution in [0.3, 0.4) is 0 Å². The number of sulfonamides is 1. The molecule has 2 aromatic rings. The Morgan fingerprint density at radius 3 is 1.94 bits per heavy atom. The van der Waals surface area contributed by atoms with Gasteiger partial charge in [0.05, 0.1) is 37.4 Å². The number of hydrogen-bond donors (Lipinski definition) is 0. The van der Waals surface area contributed by atoms with Crippen LogP contribution in [0.5, 0.6) is 5.75 Å². The van der Waals surface area contributed by atoms with Crippen LogP contribution >= 0.6 is 0 Å². The number of esters is 2. The predicted octanol–water partition coefficient (Wildman–Crippen LogP) is 3.26. The van der Waals surface area contributed by atoms with E-state index in [0.717, 1.165) is 18.4 Å². The molecule has 2 aromatic carbocycles. The van der Waals surface area contributed by atoms with Crippen molar-refractivity contribution in [3.8, 4) is 5.75 Å². The van der Waals surface area contributed by atoms with Crippen LogP contribution in [0.4, 0.5) is 0 Å². The molecule has 0 radical (unpaired) electrons. The average molecular weight is 462 g/mol. The van der Waals surface area contributed by atoms with Crippen molar-refractivity contribution in [2.75, 3.05) is 21.3 Å². The third kappa shape index (κ3) is 5.11. The van der Waals surface area contributed by atoms with Gasteiger partial charge in [0.25, 0.3) is 0 Å². The van der Waals surface area contributed by atoms with E-state index in [4.69, 9.17) is 14.2 Å². The van der Waals surface area contributed by atoms with Crippen LogP contribution in [-0.2, 0) is 26.0 Å². The number of rotatable bonds is 9. The number of hydrogen-bond acceptors (Lipinski definition) is 7. The smallest absolute Gasteiger partial charge is 0.337 e. The molecule has 0 amide bonds. The van der Waals surface area contributed by atoms with Gasteiger partial charge in [-0.05, 0) is 61.6 Å². The van der Waals surface area contributed by atoms with Crippen molar-refractivity contribution < 1.29 is 32.2 Å². The van der Waals surface area contributed by atoms with Crippen molar-refractivity contribution >= 4 is 22.0 Å². The van der Waals surface area contributed by atoms with Gasteiger partial charge in [-0.25, -0.2) is 18.0 Å². The highest BCUT2D eigenvalue weighted by Crippen LogP contribution is 2.38. The van der Waals surface area contributed by atoms with E-state index in [2.05, 4.69) is 0 Å². The van der Waals surface area contributed by atoms with E-state index in [1.165, 1.54) is 36.7 Å². The third-order valence-corrected chi connectivity index (χ3v) is 7.52. The fraction of sp³-hybridized carbons (Fsp3) is 0.391. The number of carbonyl (C=O) groups excluding carboxylic acids is 2. The van der Waals surface area contributed by atoms with Crippen LogP contribution in [0.15, 0.2) is 47.4 Å². The van der Waals surface area contributed by atoms with Crippen LogP contribution in [0, 0.1) is 5.92 Å². The molecule has 1 atom stereocenters. The maximum atomic E-state index is 13.8. The summed E-state index contributed by atoms with van der Waals surface area (Å²) in [6, 6.07) is 10.6. The van der Waals surface area contributed by atoms with Crippen LogP contribution in [0.25, 0.3) is 0 Å². The fourth-order valence-electron chi connectivity index (χ4n) is 3.53. The monoisotopic (exact) mass is 461 g/mol. The van der Waals surface area contributed by atoms with Crippen LogP contribution in [0.1, 0.15) is 46.0 Å². The standard InChI is InChI=1S/C23H27NO7S/c1-15(17-7-8-17)24(14-16-5-9-20(29-2)10-6-16)32(27,28)21-12-18(22(25)30-3)11-19(13-21)23(26)31-4/h5-6,9-13,15,17H,7-8,14H2,1-4H3. The molecule has 3 rings (SSSR count). The number of methoxy groups -OCH3 is 3. The second-order valence-corrected chi connectivity index (χ2v) is 9.60. The molecule has 8 nitrogen and oxygen atoms in total. The third-order valence-electron chi connectivity index (χ3n) is 5.61. The Balaban J connectivity index is 2.06. The first-order valence-corrected chi connectivity index (χ1v) is 11.6. The van der Waals surface area contributed by atoms with E-state index in [9.17, 15) is 18.0 Å². The van der Waals surface area contributed by atoms with Crippen LogP contribution in [-0.4, -0.2) is 52.0 Å². The van der Waals surface area contributed by atoms with Gasteiger partial charge in [0, 0.05) is 12.6 Å². The summed E-state index contributed by atoms with van der Waals surface area (Å²) in [6.45, 7) is 2.02. The molecular formula is C23H27NO7S. The van der Waals surface area contributed by atoms with Gasteiger partial charge in [-0.2, -0.15) is 4.31 Å². The molecule has 1 aliphatic carbocycles. The van der Waals surface area contributed by atoms with Gasteiger partial charge in [0.2, 0.25) is 10.0 Å². The van der Waals surface area contributed by atoms with Crippen molar-refractivity contribution in [1.82, 2.24) is 4.31 Å². The van der Waals surface area contributed by atoms with Crippen molar-refractivity contribution in [2.24, 2.45) is 5.92 Å². The summed E-state index contributed by atoms with van der Waals surface area (Å²) in [6.07, 6.45) is 1.90. The molecule has 0 saturated heterocycles. The predicted molar refractivity (Wildman–Crippen MR) is 117 cm³/mol. The topological polar surface area (TPSA) is 99.2 Å². The minimum Gasteiger partial charge on any atom is -0.497 e. The molecule has 0 N–H and O–H groups in total. The summed E-state index contributed by atoms with van der Waals surface area (Å²) in [5.41, 5.74) is 0.703. The summed E-state index contributed by atoms with van der Waals surface area (Å²) in [7, 11) is -0.124. The van der Waals surface area contributed by atoms with Crippen molar-refractivity contribution in [3.63, 3.8) is 0 Å². The summed E-state index contributed by atoms with van der Waals surface area (Å²) in [5.74, 6) is -0.563. The van der Waals surface area contributed by atoms with Gasteiger partial charge in [-0.1, -0.05) is 12.1 Å². The highest BCUT2D eigenvalue weighted by atomic mass is 32.2. The quantitative estimate of drug-likeness (QED) is 0.529. The molecule has 0 heterocycles. The van der Waals surface area contributed by atoms with Gasteiger partial charge >= 0.3 is 11.9 Å². The first-order chi connectivity index (χ1) is 15.2. The average Bonchev–Trinajstić information content (AvgIpc) is 3.66. The van der Waals surface area contributed by atoms with Gasteiger partial charge in [0.1, 0.15) is 5.75 Å². The normalized spacial score (nSPS) is 14.7. The van der Waals surface area contributed by atoms with Gasteiger partial charge in [-0.3, -0.25) is 0 Å². The molecule has 32 heavy (non-hydrogen) atoms. The molecule has 1 aliphatic rings. The molecule has 1 unspecified atom stereocenters. The summed E-state index contributed by atoms with van der Waals surface area (Å²) in [5, 5.41) is 0. The summed E-state index contributed by atoms with van der Waals surface area (Å²) in [4.78, 5) is 24.1. The molecule has 1 fully saturated rings. The highest BCUT2D eigenvalue weighted by molar-refractivity contribution is 7.89. The van der Waals surface area contributed by atoms with E-state index < -0.39 is 22.0 Å². The first kappa shape index (κ1) is 23.7. The maximum absolute atomic E-state index is 13.8. The van der Waals surface area contributed by atoms with Gasteiger partial charge in [-0.15, -0.1) is 0 Å². The highest BCUT2D eigenvalue weighted by Gasteiger charge is 2.39. The van der Waals surface area contributed by atoms with Gasteiger partial charge in [0.15, 0.2) is 0 Å². The van der Waals surface area contributed by atoms with Gasteiger partial charge < -0.3 is 14.2 Å². The molecule has 0 spiro atoms. The molecular weight excluding hydrogens is 434 g/mol. The summed E-state index contributed by atoms with van der Waals surface area (Å²) >= 11 is 0. The number of benzene rings is 2. The Hall–Kier alpha value is -2.91. The number of nitrogens with zero attached hydrogens (tertiary/aromatic N) is 1. The zero-order chi connectivity index (χ0) is 23.5. The van der Waals surface area contributed by atoms with E-state index in [1.54, 1.807) is 19.2 Å². The van der Waals surface area contributed by atoms with E-state index in [0.29, 0.717) is 5.75 Å². The van der Waals surface area contributed by atoms with Crippen molar-refractivity contribution in [1.29, 1.82) is 0 Å². The lowest BCUT2D eigenvalue weighted by atomic mass is 10.1. The van der Waals surface area contributed by atoms with Crippen molar-refractivity contribution in [3.05, 3.63) is 59.2 Å². The molecule has 0 aromatic heterocycles.